The summed E-state index contributed by atoms with van der Waals surface area (Å²) in [7, 11) is -3.47. The maximum atomic E-state index is 14.4. The first-order valence-corrected chi connectivity index (χ1v) is 32.9. The number of para-hydroxylation sites is 1. The Labute approximate surface area is 533 Å². The van der Waals surface area contributed by atoms with Crippen LogP contribution in [0.4, 0.5) is 10.5 Å². The number of carbonyl (C=O) groups excluding carboxylic acids is 7. The molecule has 0 fully saturated rings. The molecular formula is C66H80N10O15S. The molecule has 2 aliphatic heterocycles. The van der Waals surface area contributed by atoms with Crippen molar-refractivity contribution >= 4 is 73.8 Å². The molecule has 0 spiro atoms. The topological polar surface area (TPSA) is 332 Å². The van der Waals surface area contributed by atoms with Crippen LogP contribution in [0, 0.1) is 5.92 Å². The van der Waals surface area contributed by atoms with E-state index in [1.165, 1.54) is 12.4 Å². The van der Waals surface area contributed by atoms with Crippen molar-refractivity contribution in [3.63, 3.8) is 0 Å². The number of fused-ring (bicyclic) bond motifs is 5. The van der Waals surface area contributed by atoms with Crippen molar-refractivity contribution in [2.24, 2.45) is 11.7 Å². The zero-order valence-electron chi connectivity index (χ0n) is 52.7. The first-order valence-electron chi connectivity index (χ1n) is 31.0. The van der Waals surface area contributed by atoms with Gasteiger partial charge in [-0.05, 0) is 107 Å². The third kappa shape index (κ3) is 18.3. The maximum absolute atomic E-state index is 14.4. The third-order valence-corrected chi connectivity index (χ3v) is 17.0. The average Bonchev–Trinajstić information content (AvgIpc) is 1.43. The molecule has 0 aliphatic carbocycles. The Bertz CT molecular complexity index is 3850. The van der Waals surface area contributed by atoms with Crippen LogP contribution in [-0.4, -0.2) is 141 Å². The monoisotopic (exact) mass is 1280 g/mol. The summed E-state index contributed by atoms with van der Waals surface area (Å²) in [6.45, 7) is 8.00. The van der Waals surface area contributed by atoms with E-state index in [9.17, 15) is 46.8 Å². The van der Waals surface area contributed by atoms with Crippen LogP contribution in [0.3, 0.4) is 0 Å². The van der Waals surface area contributed by atoms with Gasteiger partial charge in [0, 0.05) is 110 Å². The number of cyclic esters (lactones) is 1. The SMILES string of the molecule is CC[C@@]1(OC(=O)OCc2ccc(NC(=O)[C@H](CCCCN)CC(=O)COCC(=O)CCCOCCn3cc(CCC(=O)CCC/C=C/c4cnc(S(C)(=O)=O)nc4)nn3)cc2)C(=O)OCc2c1cc1n(c2=O)Cc2c-1nc1ccccc1c2CCN(C(C)=O)C(C)C. The van der Waals surface area contributed by atoms with Crippen LogP contribution >= 0.6 is 0 Å². The molecule has 2 aromatic carbocycles. The van der Waals surface area contributed by atoms with Gasteiger partial charge in [-0.2, -0.15) is 0 Å². The molecule has 4 aromatic heterocycles. The fourth-order valence-electron chi connectivity index (χ4n) is 11.2. The Balaban J connectivity index is 0.742. The predicted octanol–water partition coefficient (Wildman–Crippen LogP) is 7.14. The van der Waals surface area contributed by atoms with Crippen LogP contribution < -0.4 is 16.6 Å². The maximum Gasteiger partial charge on any atom is 0.510 e. The number of ketones is 3. The highest BCUT2D eigenvalue weighted by Gasteiger charge is 2.51. The number of Topliss-reactive ketones (excluding diaryl/α,β-unsaturated/α-hetero) is 3. The second-order valence-electron chi connectivity index (χ2n) is 23.2. The predicted molar refractivity (Wildman–Crippen MR) is 338 cm³/mol. The number of allylic oxidation sites excluding steroid dienone is 1. The summed E-state index contributed by atoms with van der Waals surface area (Å²) >= 11 is 0. The van der Waals surface area contributed by atoms with Crippen LogP contribution in [0.25, 0.3) is 28.4 Å². The number of unbranched alkanes of at least 4 members (excludes halogenated alkanes) is 2. The number of nitrogens with zero attached hydrogens (tertiary/aromatic N) is 8. The van der Waals surface area contributed by atoms with E-state index >= 15 is 0 Å². The summed E-state index contributed by atoms with van der Waals surface area (Å²) < 4.78 is 54.4. The minimum atomic E-state index is -3.47. The van der Waals surface area contributed by atoms with E-state index in [-0.39, 0.29) is 97.8 Å². The normalized spacial score (nSPS) is 14.6. The zero-order valence-corrected chi connectivity index (χ0v) is 53.5. The number of nitrogens with one attached hydrogen (secondary N) is 1. The largest absolute Gasteiger partial charge is 0.510 e. The van der Waals surface area contributed by atoms with Gasteiger partial charge in [0.05, 0.1) is 47.9 Å². The van der Waals surface area contributed by atoms with Crippen molar-refractivity contribution in [2.75, 3.05) is 51.1 Å². The number of esters is 1. The highest BCUT2D eigenvalue weighted by Crippen LogP contribution is 2.42. The molecule has 0 radical (unpaired) electrons. The number of pyridine rings is 2. The summed E-state index contributed by atoms with van der Waals surface area (Å²) in [5.74, 6) is -2.46. The number of aromatic nitrogens is 7. The van der Waals surface area contributed by atoms with Crippen molar-refractivity contribution in [3.05, 3.63) is 129 Å². The molecule has 26 heteroatoms. The van der Waals surface area contributed by atoms with Crippen LogP contribution in [-0.2, 0) is 107 Å². The Hall–Kier alpha value is -8.72. The Morgan fingerprint density at radius 3 is 2.37 bits per heavy atom. The van der Waals surface area contributed by atoms with Crippen LogP contribution in [0.2, 0.25) is 0 Å². The fraction of sp³-hybridized carbons (Fsp3) is 0.470. The number of nitrogens with two attached hydrogens (primary N) is 1. The molecule has 8 rings (SSSR count). The molecule has 0 bridgehead atoms. The lowest BCUT2D eigenvalue weighted by atomic mass is 9.85. The molecule has 2 aliphatic rings. The number of carbonyl (C=O) groups is 7. The highest BCUT2D eigenvalue weighted by molar-refractivity contribution is 7.90. The van der Waals surface area contributed by atoms with Gasteiger partial charge in [-0.25, -0.2) is 37.6 Å². The van der Waals surface area contributed by atoms with Crippen molar-refractivity contribution in [1.29, 1.82) is 0 Å². The average molecular weight is 1290 g/mol. The van der Waals surface area contributed by atoms with E-state index in [1.807, 2.05) is 44.2 Å². The number of hydrogen-bond donors (Lipinski definition) is 2. The quantitative estimate of drug-likeness (QED) is 0.0224. The van der Waals surface area contributed by atoms with Gasteiger partial charge < -0.3 is 44.2 Å². The van der Waals surface area contributed by atoms with Gasteiger partial charge in [-0.15, -0.1) is 5.10 Å². The standard InChI is InChI=1S/C66H80N10O15S/c1-6-66(57-34-59-60-55(38-76(59)62(82)56(57)42-89-63(66)83)53(27-29-75(43(2)3)44(4)77)54-19-10-11-20-58(54)71-60)91-65(84)90-39-45-21-23-48(24-22-45)70-61(81)47(16-12-13-28-67)33-52(80)41-88-40-51(79)18-14-31-87-32-30-74-37-49(72-73-74)25-26-50(78)17-9-7-8-15-46-35-68-64(69-36-46)92(5,85)86/h8,10-11,15,19-24,34-37,43,47H,6-7,9,12-14,16-18,25-33,38-42,67H2,1-5H3,(H,70,81)/b15-8+/t47-,66+/m1/s1. The van der Waals surface area contributed by atoms with Gasteiger partial charge in [0.2, 0.25) is 32.4 Å². The van der Waals surface area contributed by atoms with Gasteiger partial charge in [-0.1, -0.05) is 61.0 Å². The molecule has 490 valence electrons. The van der Waals surface area contributed by atoms with Crippen molar-refractivity contribution < 1.29 is 65.7 Å². The number of benzene rings is 2. The van der Waals surface area contributed by atoms with Crippen molar-refractivity contribution in [3.8, 4) is 11.4 Å². The Morgan fingerprint density at radius 2 is 1.64 bits per heavy atom. The van der Waals surface area contributed by atoms with Gasteiger partial charge in [0.1, 0.15) is 32.2 Å². The lowest BCUT2D eigenvalue weighted by molar-refractivity contribution is -0.175. The zero-order chi connectivity index (χ0) is 66.0. The second kappa shape index (κ2) is 32.5. The minimum absolute atomic E-state index is 0.0220. The molecule has 0 saturated carbocycles. The highest BCUT2D eigenvalue weighted by atomic mass is 32.2. The van der Waals surface area contributed by atoms with Crippen molar-refractivity contribution in [1.82, 2.24) is 39.4 Å². The van der Waals surface area contributed by atoms with Crippen LogP contribution in [0.5, 0.6) is 0 Å². The van der Waals surface area contributed by atoms with Crippen LogP contribution in [0.15, 0.2) is 89.2 Å². The van der Waals surface area contributed by atoms with Crippen molar-refractivity contribution in [2.45, 2.75) is 154 Å². The number of aryl methyl sites for hydroxylation is 1. The van der Waals surface area contributed by atoms with E-state index in [2.05, 4.69) is 25.6 Å². The number of anilines is 1. The molecule has 2 atom stereocenters. The molecular weight excluding hydrogens is 1200 g/mol. The van der Waals surface area contributed by atoms with E-state index in [1.54, 1.807) is 70.6 Å². The number of hydrogen-bond acceptors (Lipinski definition) is 21. The molecule has 0 unspecified atom stereocenters. The van der Waals surface area contributed by atoms with Gasteiger partial charge in [-0.3, -0.25) is 28.8 Å². The lowest BCUT2D eigenvalue weighted by Crippen LogP contribution is -2.47. The summed E-state index contributed by atoms with van der Waals surface area (Å²) in [5.41, 5.74) is 9.41. The Kier molecular flexibility index (Phi) is 24.5. The molecule has 2 amide bonds. The molecule has 0 saturated heterocycles. The van der Waals surface area contributed by atoms with E-state index < -0.39 is 44.9 Å². The van der Waals surface area contributed by atoms with Gasteiger partial charge in [0.25, 0.3) is 5.56 Å². The number of sulfone groups is 1. The summed E-state index contributed by atoms with van der Waals surface area (Å²) in [6.07, 6.45) is 13.2. The molecule has 6 heterocycles. The summed E-state index contributed by atoms with van der Waals surface area (Å²) in [4.78, 5) is 121. The van der Waals surface area contributed by atoms with Crippen LogP contribution in [0.1, 0.15) is 137 Å². The molecule has 92 heavy (non-hydrogen) atoms. The first kappa shape index (κ1) is 69.2. The molecule has 6 aromatic rings. The molecule has 3 N–H and O–H groups in total. The second-order valence-corrected chi connectivity index (χ2v) is 25.1. The summed E-state index contributed by atoms with van der Waals surface area (Å²) in [6, 6.07) is 15.8. The third-order valence-electron chi connectivity index (χ3n) is 16.1. The number of ether oxygens (including phenoxy) is 5. The number of amides is 2. The van der Waals surface area contributed by atoms with E-state index in [4.69, 9.17) is 34.4 Å². The summed E-state index contributed by atoms with van der Waals surface area (Å²) in [5, 5.41) is 11.8. The Morgan fingerprint density at radius 1 is 0.891 bits per heavy atom. The minimum Gasteiger partial charge on any atom is -0.457 e. The lowest BCUT2D eigenvalue weighted by Gasteiger charge is -2.35. The van der Waals surface area contributed by atoms with E-state index in [0.29, 0.717) is 136 Å². The van der Waals surface area contributed by atoms with Gasteiger partial charge in [0.15, 0.2) is 11.6 Å². The smallest absolute Gasteiger partial charge is 0.457 e. The molecule has 25 nitrogen and oxygen atoms in total. The fourth-order valence-corrected chi connectivity index (χ4v) is 11.7. The number of rotatable bonds is 36. The first-order chi connectivity index (χ1) is 44.2. The van der Waals surface area contributed by atoms with E-state index in [0.717, 1.165) is 22.8 Å². The van der Waals surface area contributed by atoms with Gasteiger partial charge >= 0.3 is 12.1 Å².